The van der Waals surface area contributed by atoms with Crippen LogP contribution in [-0.4, -0.2) is 34.1 Å². The number of hydrogen-bond acceptors (Lipinski definition) is 5. The summed E-state index contributed by atoms with van der Waals surface area (Å²) in [6.45, 7) is 6.41. The van der Waals surface area contributed by atoms with Crippen LogP contribution in [0.25, 0.3) is 28.2 Å². The smallest absolute Gasteiger partial charge is 0.157 e. The number of benzene rings is 2. The Morgan fingerprint density at radius 2 is 1.57 bits per heavy atom. The summed E-state index contributed by atoms with van der Waals surface area (Å²) >= 11 is 0. The van der Waals surface area contributed by atoms with E-state index < -0.39 is 0 Å². The summed E-state index contributed by atoms with van der Waals surface area (Å²) in [5, 5.41) is 3.62. The second-order valence-corrected chi connectivity index (χ2v) is 8.15. The lowest BCUT2D eigenvalue weighted by atomic mass is 10.1. The molecule has 4 aromatic rings. The van der Waals surface area contributed by atoms with Crippen molar-refractivity contribution < 1.29 is 9.47 Å². The average molecular weight is 402 g/mol. The van der Waals surface area contributed by atoms with E-state index in [2.05, 4.69) is 47.6 Å². The van der Waals surface area contributed by atoms with Gasteiger partial charge in [-0.2, -0.15) is 0 Å². The molecule has 0 spiro atoms. The standard InChI is InChI=1S/C24H26N4O2/c1-24(2,3)27-23-22(16-9-7-6-8-10-16)26-21-14-25-20(15-28(21)23)17-11-18(29-4)13-19(12-17)30-5/h6-15,27H,1-5H3. The average Bonchev–Trinajstić information content (AvgIpc) is 3.10. The van der Waals surface area contributed by atoms with Gasteiger partial charge in [0.1, 0.15) is 23.0 Å². The lowest BCUT2D eigenvalue weighted by Crippen LogP contribution is -2.27. The van der Waals surface area contributed by atoms with Gasteiger partial charge >= 0.3 is 0 Å². The zero-order valence-corrected chi connectivity index (χ0v) is 17.9. The number of methoxy groups -OCH3 is 2. The molecule has 0 aliphatic rings. The molecule has 0 aliphatic carbocycles. The Morgan fingerprint density at radius 3 is 2.17 bits per heavy atom. The van der Waals surface area contributed by atoms with Crippen molar-refractivity contribution in [3.8, 4) is 34.0 Å². The van der Waals surface area contributed by atoms with E-state index in [0.717, 1.165) is 45.5 Å². The van der Waals surface area contributed by atoms with Crippen LogP contribution in [0.5, 0.6) is 11.5 Å². The second kappa shape index (κ2) is 7.71. The minimum atomic E-state index is -0.137. The molecule has 0 bridgehead atoms. The molecule has 0 saturated carbocycles. The first-order valence-electron chi connectivity index (χ1n) is 9.83. The Morgan fingerprint density at radius 1 is 0.900 bits per heavy atom. The summed E-state index contributed by atoms with van der Waals surface area (Å²) < 4.78 is 12.9. The van der Waals surface area contributed by atoms with Crippen molar-refractivity contribution in [2.75, 3.05) is 19.5 Å². The zero-order valence-electron chi connectivity index (χ0n) is 17.9. The maximum atomic E-state index is 5.42. The first kappa shape index (κ1) is 19.8. The molecule has 2 aromatic carbocycles. The highest BCUT2D eigenvalue weighted by Crippen LogP contribution is 2.33. The summed E-state index contributed by atoms with van der Waals surface area (Å²) in [7, 11) is 3.28. The Labute approximate surface area is 176 Å². The molecule has 0 fully saturated rings. The van der Waals surface area contributed by atoms with E-state index in [4.69, 9.17) is 14.5 Å². The molecule has 6 nitrogen and oxygen atoms in total. The van der Waals surface area contributed by atoms with Gasteiger partial charge in [0.05, 0.1) is 26.1 Å². The van der Waals surface area contributed by atoms with E-state index in [1.54, 1.807) is 20.4 Å². The normalized spacial score (nSPS) is 11.5. The third kappa shape index (κ3) is 3.94. The highest BCUT2D eigenvalue weighted by Gasteiger charge is 2.20. The number of aromatic nitrogens is 3. The zero-order chi connectivity index (χ0) is 21.3. The van der Waals surface area contributed by atoms with Gasteiger partial charge in [0, 0.05) is 28.9 Å². The monoisotopic (exact) mass is 402 g/mol. The summed E-state index contributed by atoms with van der Waals surface area (Å²) in [5.74, 6) is 2.37. The molecule has 0 radical (unpaired) electrons. The molecule has 2 aromatic heterocycles. The fourth-order valence-electron chi connectivity index (χ4n) is 3.33. The van der Waals surface area contributed by atoms with Gasteiger partial charge in [-0.1, -0.05) is 30.3 Å². The van der Waals surface area contributed by atoms with Gasteiger partial charge in [-0.15, -0.1) is 0 Å². The van der Waals surface area contributed by atoms with Crippen LogP contribution in [0.4, 0.5) is 5.82 Å². The topological polar surface area (TPSA) is 60.7 Å². The Balaban J connectivity index is 1.91. The van der Waals surface area contributed by atoms with Crippen LogP contribution in [0.2, 0.25) is 0 Å². The molecule has 0 atom stereocenters. The Hall–Kier alpha value is -3.54. The van der Waals surface area contributed by atoms with Crippen molar-refractivity contribution in [3.05, 3.63) is 60.9 Å². The molecule has 4 rings (SSSR count). The molecule has 0 saturated heterocycles. The molecule has 2 heterocycles. The van der Waals surface area contributed by atoms with E-state index in [-0.39, 0.29) is 5.54 Å². The molecule has 30 heavy (non-hydrogen) atoms. The van der Waals surface area contributed by atoms with Crippen LogP contribution < -0.4 is 14.8 Å². The number of fused-ring (bicyclic) bond motifs is 1. The number of nitrogens with zero attached hydrogens (tertiary/aromatic N) is 3. The number of ether oxygens (including phenoxy) is 2. The number of imidazole rings is 1. The van der Waals surface area contributed by atoms with Crippen LogP contribution in [0.1, 0.15) is 20.8 Å². The van der Waals surface area contributed by atoms with Crippen LogP contribution >= 0.6 is 0 Å². The summed E-state index contributed by atoms with van der Waals surface area (Å²) in [6.07, 6.45) is 3.79. The van der Waals surface area contributed by atoms with E-state index in [0.29, 0.717) is 0 Å². The molecular formula is C24H26N4O2. The van der Waals surface area contributed by atoms with Crippen molar-refractivity contribution in [2.45, 2.75) is 26.3 Å². The number of anilines is 1. The van der Waals surface area contributed by atoms with Gasteiger partial charge in [-0.3, -0.25) is 9.38 Å². The fraction of sp³-hybridized carbons (Fsp3) is 0.250. The SMILES string of the molecule is COc1cc(OC)cc(-c2cn3c(NC(C)(C)C)c(-c4ccccc4)nc3cn2)c1. The molecule has 0 amide bonds. The fourth-order valence-corrected chi connectivity index (χ4v) is 3.33. The van der Waals surface area contributed by atoms with Crippen LogP contribution in [0, 0.1) is 0 Å². The summed E-state index contributed by atoms with van der Waals surface area (Å²) in [4.78, 5) is 9.51. The first-order chi connectivity index (χ1) is 14.4. The van der Waals surface area contributed by atoms with Crippen LogP contribution in [-0.2, 0) is 0 Å². The molecule has 0 unspecified atom stereocenters. The summed E-state index contributed by atoms with van der Waals surface area (Å²) in [6, 6.07) is 15.9. The van der Waals surface area contributed by atoms with Gasteiger partial charge in [-0.25, -0.2) is 4.98 Å². The lowest BCUT2D eigenvalue weighted by molar-refractivity contribution is 0.394. The third-order valence-corrected chi connectivity index (χ3v) is 4.70. The van der Waals surface area contributed by atoms with E-state index >= 15 is 0 Å². The number of hydrogen-bond donors (Lipinski definition) is 1. The van der Waals surface area contributed by atoms with Gasteiger partial charge in [0.25, 0.3) is 0 Å². The molecule has 6 heteroatoms. The highest BCUT2D eigenvalue weighted by molar-refractivity contribution is 5.77. The number of nitrogens with one attached hydrogen (secondary N) is 1. The van der Waals surface area contributed by atoms with Crippen LogP contribution in [0.3, 0.4) is 0 Å². The molecule has 154 valence electrons. The van der Waals surface area contributed by atoms with Crippen molar-refractivity contribution in [2.24, 2.45) is 0 Å². The highest BCUT2D eigenvalue weighted by atomic mass is 16.5. The second-order valence-electron chi connectivity index (χ2n) is 8.15. The van der Waals surface area contributed by atoms with Gasteiger partial charge in [0.2, 0.25) is 0 Å². The quantitative estimate of drug-likeness (QED) is 0.491. The van der Waals surface area contributed by atoms with Crippen molar-refractivity contribution in [1.29, 1.82) is 0 Å². The number of rotatable bonds is 5. The first-order valence-corrected chi connectivity index (χ1v) is 9.83. The molecule has 0 aliphatic heterocycles. The minimum Gasteiger partial charge on any atom is -0.497 e. The Bertz CT molecular complexity index is 1160. The maximum absolute atomic E-state index is 5.42. The predicted octanol–water partition coefficient (Wildman–Crippen LogP) is 5.29. The maximum Gasteiger partial charge on any atom is 0.157 e. The summed E-state index contributed by atoms with van der Waals surface area (Å²) in [5.41, 5.74) is 4.30. The van der Waals surface area contributed by atoms with Gasteiger partial charge in [-0.05, 0) is 32.9 Å². The van der Waals surface area contributed by atoms with Crippen molar-refractivity contribution in [3.63, 3.8) is 0 Å². The third-order valence-electron chi connectivity index (χ3n) is 4.70. The predicted molar refractivity (Wildman–Crippen MR) is 120 cm³/mol. The van der Waals surface area contributed by atoms with Gasteiger partial charge in [0.15, 0.2) is 5.65 Å². The van der Waals surface area contributed by atoms with E-state index in [1.165, 1.54) is 0 Å². The van der Waals surface area contributed by atoms with Crippen molar-refractivity contribution >= 4 is 11.5 Å². The van der Waals surface area contributed by atoms with E-state index in [1.807, 2.05) is 42.6 Å². The minimum absolute atomic E-state index is 0.137. The van der Waals surface area contributed by atoms with Crippen LogP contribution in [0.15, 0.2) is 60.9 Å². The molecule has 1 N–H and O–H groups in total. The van der Waals surface area contributed by atoms with Gasteiger partial charge < -0.3 is 14.8 Å². The largest absolute Gasteiger partial charge is 0.497 e. The van der Waals surface area contributed by atoms with Crippen molar-refractivity contribution in [1.82, 2.24) is 14.4 Å². The Kier molecular flexibility index (Phi) is 5.08. The lowest BCUT2D eigenvalue weighted by Gasteiger charge is -2.22. The molecular weight excluding hydrogens is 376 g/mol. The van der Waals surface area contributed by atoms with E-state index in [9.17, 15) is 0 Å².